The van der Waals surface area contributed by atoms with Crippen LogP contribution in [0.5, 0.6) is 0 Å². The lowest BCUT2D eigenvalue weighted by Crippen LogP contribution is -2.56. The van der Waals surface area contributed by atoms with E-state index in [1.807, 2.05) is 0 Å². The summed E-state index contributed by atoms with van der Waals surface area (Å²) in [6.45, 7) is 0. The molecule has 0 amide bonds. The van der Waals surface area contributed by atoms with Gasteiger partial charge in [-0.05, 0) is 24.7 Å². The van der Waals surface area contributed by atoms with Crippen LogP contribution in [0.1, 0.15) is 25.7 Å². The van der Waals surface area contributed by atoms with Crippen molar-refractivity contribution in [2.75, 3.05) is 0 Å². The molecule has 58 valence electrons. The van der Waals surface area contributed by atoms with E-state index in [1.165, 1.54) is 12.8 Å². The number of rotatable bonds is 0. The second-order valence-corrected chi connectivity index (χ2v) is 3.59. The van der Waals surface area contributed by atoms with Gasteiger partial charge in [-0.1, -0.05) is 12.8 Å². The Morgan fingerprint density at radius 1 is 0.800 bits per heavy atom. The molecule has 2 aliphatic rings. The maximum atomic E-state index is 9.26. The van der Waals surface area contributed by atoms with Crippen molar-refractivity contribution in [2.45, 2.75) is 37.9 Å². The van der Waals surface area contributed by atoms with Gasteiger partial charge in [0.1, 0.15) is 0 Å². The summed E-state index contributed by atoms with van der Waals surface area (Å²) in [5.41, 5.74) is 0. The van der Waals surface area contributed by atoms with Gasteiger partial charge in [-0.2, -0.15) is 0 Å². The fourth-order valence-electron chi connectivity index (χ4n) is 2.40. The largest absolute Gasteiger partial charge is 0.390 e. The van der Waals surface area contributed by atoms with Gasteiger partial charge in [-0.3, -0.25) is 0 Å². The second-order valence-electron chi connectivity index (χ2n) is 3.59. The van der Waals surface area contributed by atoms with E-state index in [0.717, 1.165) is 12.8 Å². The SMILES string of the molecule is O[C@H]1C2CCCCC2[C@@H]1O. The molecule has 0 spiro atoms. The van der Waals surface area contributed by atoms with Crippen LogP contribution >= 0.6 is 0 Å². The Bertz CT molecular complexity index is 119. The minimum Gasteiger partial charge on any atom is -0.390 e. The third kappa shape index (κ3) is 0.722. The van der Waals surface area contributed by atoms with Crippen molar-refractivity contribution in [3.63, 3.8) is 0 Å². The molecule has 2 aliphatic carbocycles. The molecule has 0 bridgehead atoms. The Morgan fingerprint density at radius 3 is 1.60 bits per heavy atom. The van der Waals surface area contributed by atoms with Gasteiger partial charge in [-0.25, -0.2) is 0 Å². The van der Waals surface area contributed by atoms with E-state index < -0.39 is 12.2 Å². The van der Waals surface area contributed by atoms with E-state index in [2.05, 4.69) is 0 Å². The van der Waals surface area contributed by atoms with E-state index >= 15 is 0 Å². The van der Waals surface area contributed by atoms with Crippen molar-refractivity contribution >= 4 is 0 Å². The van der Waals surface area contributed by atoms with Crippen LogP contribution in [0.3, 0.4) is 0 Å². The Kier molecular flexibility index (Phi) is 1.46. The first-order valence-corrected chi connectivity index (χ1v) is 4.17. The van der Waals surface area contributed by atoms with E-state index in [-0.39, 0.29) is 0 Å². The first-order chi connectivity index (χ1) is 4.80. The van der Waals surface area contributed by atoms with E-state index in [0.29, 0.717) is 11.8 Å². The van der Waals surface area contributed by atoms with Gasteiger partial charge < -0.3 is 10.2 Å². The van der Waals surface area contributed by atoms with E-state index in [9.17, 15) is 10.2 Å². The molecule has 0 heterocycles. The van der Waals surface area contributed by atoms with E-state index in [1.54, 1.807) is 0 Å². The minimum absolute atomic E-state index is 0.398. The fourth-order valence-corrected chi connectivity index (χ4v) is 2.40. The topological polar surface area (TPSA) is 40.5 Å². The molecule has 0 aromatic rings. The summed E-state index contributed by atoms with van der Waals surface area (Å²) in [6.07, 6.45) is 3.94. The molecule has 0 aliphatic heterocycles. The molecule has 4 atom stereocenters. The van der Waals surface area contributed by atoms with Crippen molar-refractivity contribution in [2.24, 2.45) is 11.8 Å². The number of hydrogen-bond donors (Lipinski definition) is 2. The van der Waals surface area contributed by atoms with Gasteiger partial charge in [0, 0.05) is 0 Å². The number of fused-ring (bicyclic) bond motifs is 1. The quantitative estimate of drug-likeness (QED) is 0.518. The lowest BCUT2D eigenvalue weighted by Gasteiger charge is -2.49. The van der Waals surface area contributed by atoms with Crippen LogP contribution in [0.2, 0.25) is 0 Å². The first-order valence-electron chi connectivity index (χ1n) is 4.17. The van der Waals surface area contributed by atoms with Crippen LogP contribution in [0.4, 0.5) is 0 Å². The normalized spacial score (nSPS) is 53.4. The summed E-state index contributed by atoms with van der Waals surface area (Å²) in [7, 11) is 0. The van der Waals surface area contributed by atoms with Gasteiger partial charge in [0.2, 0.25) is 0 Å². The van der Waals surface area contributed by atoms with Crippen molar-refractivity contribution in [1.82, 2.24) is 0 Å². The molecule has 0 aromatic heterocycles. The van der Waals surface area contributed by atoms with Gasteiger partial charge in [0.15, 0.2) is 0 Å². The van der Waals surface area contributed by atoms with Gasteiger partial charge in [0.05, 0.1) is 12.2 Å². The second kappa shape index (κ2) is 2.21. The fraction of sp³-hybridized carbons (Fsp3) is 1.00. The molecular weight excluding hydrogens is 128 g/mol. The molecule has 10 heavy (non-hydrogen) atoms. The van der Waals surface area contributed by atoms with Crippen molar-refractivity contribution < 1.29 is 10.2 Å². The maximum absolute atomic E-state index is 9.26. The molecule has 0 saturated heterocycles. The minimum atomic E-state index is -0.398. The molecular formula is C8H14O2. The van der Waals surface area contributed by atoms with Gasteiger partial charge in [-0.15, -0.1) is 0 Å². The van der Waals surface area contributed by atoms with Crippen LogP contribution in [-0.2, 0) is 0 Å². The Morgan fingerprint density at radius 2 is 1.20 bits per heavy atom. The molecule has 2 saturated carbocycles. The number of aliphatic hydroxyl groups excluding tert-OH is 2. The Labute approximate surface area is 60.9 Å². The highest BCUT2D eigenvalue weighted by molar-refractivity contribution is 4.98. The summed E-state index contributed by atoms with van der Waals surface area (Å²) in [6, 6.07) is 0. The average Bonchev–Trinajstić information content (AvgIpc) is 2.03. The maximum Gasteiger partial charge on any atom is 0.0833 e. The predicted molar refractivity (Wildman–Crippen MR) is 37.5 cm³/mol. The first kappa shape index (κ1) is 6.62. The predicted octanol–water partition coefficient (Wildman–Crippen LogP) is 0.528. The summed E-state index contributed by atoms with van der Waals surface area (Å²) in [4.78, 5) is 0. The van der Waals surface area contributed by atoms with E-state index in [4.69, 9.17) is 0 Å². The third-order valence-electron chi connectivity index (χ3n) is 3.10. The number of hydrogen-bond acceptors (Lipinski definition) is 2. The molecule has 2 rings (SSSR count). The van der Waals surface area contributed by atoms with Crippen LogP contribution in [0.15, 0.2) is 0 Å². The van der Waals surface area contributed by atoms with Crippen LogP contribution < -0.4 is 0 Å². The van der Waals surface area contributed by atoms with Crippen LogP contribution in [0, 0.1) is 11.8 Å². The summed E-state index contributed by atoms with van der Waals surface area (Å²) >= 11 is 0. The number of aliphatic hydroxyl groups is 2. The summed E-state index contributed by atoms with van der Waals surface area (Å²) in [5.74, 6) is 0.868. The zero-order valence-electron chi connectivity index (χ0n) is 6.03. The average molecular weight is 142 g/mol. The standard InChI is InChI=1S/C8H14O2/c9-7-5-3-1-2-4-6(5)8(7)10/h5-10H,1-4H2/t5?,6?,7-,8-/m0/s1. The smallest absolute Gasteiger partial charge is 0.0833 e. The van der Waals surface area contributed by atoms with Crippen LogP contribution in [0.25, 0.3) is 0 Å². The highest BCUT2D eigenvalue weighted by Crippen LogP contribution is 2.44. The monoisotopic (exact) mass is 142 g/mol. The van der Waals surface area contributed by atoms with Gasteiger partial charge >= 0.3 is 0 Å². The summed E-state index contributed by atoms with van der Waals surface area (Å²) < 4.78 is 0. The third-order valence-corrected chi connectivity index (χ3v) is 3.10. The molecule has 2 nitrogen and oxygen atoms in total. The zero-order valence-corrected chi connectivity index (χ0v) is 6.03. The zero-order chi connectivity index (χ0) is 7.14. The van der Waals surface area contributed by atoms with Gasteiger partial charge in [0.25, 0.3) is 0 Å². The lowest BCUT2D eigenvalue weighted by molar-refractivity contribution is -0.168. The van der Waals surface area contributed by atoms with Crippen molar-refractivity contribution in [3.8, 4) is 0 Å². The molecule has 0 aromatic carbocycles. The summed E-state index contributed by atoms with van der Waals surface area (Å²) in [5, 5.41) is 18.5. The van der Waals surface area contributed by atoms with Crippen molar-refractivity contribution in [1.29, 1.82) is 0 Å². The Balaban J connectivity index is 2.00. The molecule has 2 heteroatoms. The Hall–Kier alpha value is -0.0800. The molecule has 0 radical (unpaired) electrons. The highest BCUT2D eigenvalue weighted by atomic mass is 16.3. The lowest BCUT2D eigenvalue weighted by atomic mass is 9.61. The molecule has 2 fully saturated rings. The van der Waals surface area contributed by atoms with Crippen molar-refractivity contribution in [3.05, 3.63) is 0 Å². The highest BCUT2D eigenvalue weighted by Gasteiger charge is 2.48. The van der Waals surface area contributed by atoms with Crippen LogP contribution in [-0.4, -0.2) is 22.4 Å². The molecule has 2 N–H and O–H groups in total. The molecule has 2 unspecified atom stereocenters.